The summed E-state index contributed by atoms with van der Waals surface area (Å²) in [5.41, 5.74) is -0.547. The van der Waals surface area contributed by atoms with E-state index in [2.05, 4.69) is 24.1 Å². The van der Waals surface area contributed by atoms with Crippen LogP contribution >= 0.6 is 0 Å². The summed E-state index contributed by atoms with van der Waals surface area (Å²) in [7, 11) is 0. The molecule has 1 amide bonds. The quantitative estimate of drug-likeness (QED) is 0.453. The third-order valence-electron chi connectivity index (χ3n) is 3.24. The average molecular weight is 297 g/mol. The number of halogens is 1. The van der Waals surface area contributed by atoms with Gasteiger partial charge >= 0.3 is 5.69 Å². The molecule has 0 fully saturated rings. The predicted molar refractivity (Wildman–Crippen MR) is 77.8 cm³/mol. The summed E-state index contributed by atoms with van der Waals surface area (Å²) in [6.45, 7) is 7.41. The van der Waals surface area contributed by atoms with Crippen molar-refractivity contribution in [3.05, 3.63) is 39.7 Å². The number of carbonyl (C=O) groups is 1. The van der Waals surface area contributed by atoms with E-state index in [1.54, 1.807) is 0 Å². The number of carbonyl (C=O) groups excluding carboxylic acids is 1. The molecule has 21 heavy (non-hydrogen) atoms. The molecule has 0 unspecified atom stereocenters. The smallest absolute Gasteiger partial charge is 0.304 e. The molecular formula is C14H20FN3O3. The van der Waals surface area contributed by atoms with Crippen LogP contribution in [0.4, 0.5) is 10.1 Å². The van der Waals surface area contributed by atoms with Gasteiger partial charge in [-0.05, 0) is 38.2 Å². The van der Waals surface area contributed by atoms with Crippen molar-refractivity contribution in [1.29, 1.82) is 0 Å². The van der Waals surface area contributed by atoms with Crippen molar-refractivity contribution < 1.29 is 14.1 Å². The molecule has 0 spiro atoms. The minimum Gasteiger partial charge on any atom is -0.352 e. The lowest BCUT2D eigenvalue weighted by Gasteiger charge is -2.17. The lowest BCUT2D eigenvalue weighted by atomic mass is 10.2. The third kappa shape index (κ3) is 5.11. The van der Waals surface area contributed by atoms with Crippen LogP contribution in [0.1, 0.15) is 30.6 Å². The van der Waals surface area contributed by atoms with Gasteiger partial charge in [-0.15, -0.1) is 0 Å². The lowest BCUT2D eigenvalue weighted by Crippen LogP contribution is -2.29. The Labute approximate surface area is 123 Å². The van der Waals surface area contributed by atoms with Crippen LogP contribution in [-0.2, 0) is 0 Å². The first kappa shape index (κ1) is 17.0. The highest BCUT2D eigenvalue weighted by Crippen LogP contribution is 2.17. The van der Waals surface area contributed by atoms with Gasteiger partial charge < -0.3 is 10.2 Å². The van der Waals surface area contributed by atoms with E-state index < -0.39 is 22.3 Å². The third-order valence-corrected chi connectivity index (χ3v) is 3.24. The summed E-state index contributed by atoms with van der Waals surface area (Å²) in [6, 6.07) is 3.14. The van der Waals surface area contributed by atoms with Gasteiger partial charge in [0.1, 0.15) is 0 Å². The molecule has 1 aromatic carbocycles. The van der Waals surface area contributed by atoms with Crippen LogP contribution in [-0.4, -0.2) is 41.9 Å². The van der Waals surface area contributed by atoms with Crippen molar-refractivity contribution in [2.45, 2.75) is 20.3 Å². The molecule has 0 aliphatic rings. The standard InChI is InChI=1S/C14H20FN3O3/c1-3-17(4-2)9-5-8-16-14(19)11-6-7-13(18(20)21)12(15)10-11/h6-7,10H,3-5,8-9H2,1-2H3,(H,16,19). The number of nitro groups is 1. The van der Waals surface area contributed by atoms with Crippen LogP contribution in [0.25, 0.3) is 0 Å². The Hall–Kier alpha value is -2.02. The minimum atomic E-state index is -1.00. The summed E-state index contributed by atoms with van der Waals surface area (Å²) in [4.78, 5) is 23.7. The SMILES string of the molecule is CCN(CC)CCCNC(=O)c1ccc([N+](=O)[O-])c(F)c1. The maximum atomic E-state index is 13.4. The number of nitro benzene ring substituents is 1. The van der Waals surface area contributed by atoms with Crippen molar-refractivity contribution in [3.8, 4) is 0 Å². The molecular weight excluding hydrogens is 277 g/mol. The summed E-state index contributed by atoms with van der Waals surface area (Å²) in [6.07, 6.45) is 0.795. The Morgan fingerprint density at radius 2 is 2.05 bits per heavy atom. The van der Waals surface area contributed by atoms with E-state index in [9.17, 15) is 19.3 Å². The number of hydrogen-bond acceptors (Lipinski definition) is 4. The Morgan fingerprint density at radius 3 is 2.57 bits per heavy atom. The fraction of sp³-hybridized carbons (Fsp3) is 0.500. The first-order chi connectivity index (χ1) is 9.99. The molecule has 0 aliphatic carbocycles. The summed E-state index contributed by atoms with van der Waals surface area (Å²) in [5.74, 6) is -1.43. The van der Waals surface area contributed by atoms with Crippen LogP contribution in [0.15, 0.2) is 18.2 Å². The number of nitrogens with zero attached hydrogens (tertiary/aromatic N) is 2. The monoisotopic (exact) mass is 297 g/mol. The van der Waals surface area contributed by atoms with Gasteiger partial charge in [0.05, 0.1) is 4.92 Å². The molecule has 6 nitrogen and oxygen atoms in total. The first-order valence-corrected chi connectivity index (χ1v) is 6.94. The topological polar surface area (TPSA) is 75.5 Å². The predicted octanol–water partition coefficient (Wildman–Crippen LogP) is 2.20. The van der Waals surface area contributed by atoms with Crippen LogP contribution in [0.5, 0.6) is 0 Å². The van der Waals surface area contributed by atoms with E-state index in [1.165, 1.54) is 6.07 Å². The van der Waals surface area contributed by atoms with Gasteiger partial charge in [0.2, 0.25) is 5.82 Å². The highest BCUT2D eigenvalue weighted by molar-refractivity contribution is 5.94. The molecule has 0 saturated heterocycles. The summed E-state index contributed by atoms with van der Waals surface area (Å²) in [5, 5.41) is 13.2. The fourth-order valence-electron chi connectivity index (χ4n) is 1.94. The van der Waals surface area contributed by atoms with Crippen molar-refractivity contribution in [2.75, 3.05) is 26.2 Å². The van der Waals surface area contributed by atoms with Crippen LogP contribution in [0.3, 0.4) is 0 Å². The van der Waals surface area contributed by atoms with Crippen molar-refractivity contribution >= 4 is 11.6 Å². The van der Waals surface area contributed by atoms with Crippen LogP contribution in [0.2, 0.25) is 0 Å². The Bertz CT molecular complexity index is 504. The highest BCUT2D eigenvalue weighted by Gasteiger charge is 2.16. The Kier molecular flexibility index (Phi) is 6.74. The van der Waals surface area contributed by atoms with E-state index in [-0.39, 0.29) is 5.56 Å². The van der Waals surface area contributed by atoms with Gasteiger partial charge in [-0.3, -0.25) is 14.9 Å². The van der Waals surface area contributed by atoms with E-state index >= 15 is 0 Å². The van der Waals surface area contributed by atoms with E-state index in [4.69, 9.17) is 0 Å². The molecule has 0 heterocycles. The molecule has 0 radical (unpaired) electrons. The molecule has 1 N–H and O–H groups in total. The average Bonchev–Trinajstić information content (AvgIpc) is 2.46. The van der Waals surface area contributed by atoms with Gasteiger partial charge in [0.25, 0.3) is 5.91 Å². The fourth-order valence-corrected chi connectivity index (χ4v) is 1.94. The molecule has 0 aliphatic heterocycles. The molecule has 0 saturated carbocycles. The molecule has 116 valence electrons. The number of hydrogen-bond donors (Lipinski definition) is 1. The molecule has 1 aromatic rings. The maximum Gasteiger partial charge on any atom is 0.304 e. The van der Waals surface area contributed by atoms with Gasteiger partial charge in [0.15, 0.2) is 0 Å². The zero-order valence-corrected chi connectivity index (χ0v) is 12.3. The second-order valence-electron chi connectivity index (χ2n) is 4.56. The molecule has 7 heteroatoms. The minimum absolute atomic E-state index is 0.0842. The second kappa shape index (κ2) is 8.31. The zero-order chi connectivity index (χ0) is 15.8. The number of benzene rings is 1. The van der Waals surface area contributed by atoms with Crippen LogP contribution in [0, 0.1) is 15.9 Å². The summed E-state index contributed by atoms with van der Waals surface area (Å²) < 4.78 is 13.4. The number of nitrogens with one attached hydrogen (secondary N) is 1. The van der Waals surface area contributed by atoms with Gasteiger partial charge in [-0.2, -0.15) is 4.39 Å². The molecule has 0 bridgehead atoms. The van der Waals surface area contributed by atoms with Gasteiger partial charge in [-0.25, -0.2) is 0 Å². The zero-order valence-electron chi connectivity index (χ0n) is 12.3. The lowest BCUT2D eigenvalue weighted by molar-refractivity contribution is -0.387. The normalized spacial score (nSPS) is 10.7. The maximum absolute atomic E-state index is 13.4. The van der Waals surface area contributed by atoms with E-state index in [0.717, 1.165) is 38.2 Å². The molecule has 0 aromatic heterocycles. The van der Waals surface area contributed by atoms with E-state index in [0.29, 0.717) is 6.54 Å². The van der Waals surface area contributed by atoms with Gasteiger partial charge in [0, 0.05) is 18.2 Å². The van der Waals surface area contributed by atoms with Crippen molar-refractivity contribution in [1.82, 2.24) is 10.2 Å². The van der Waals surface area contributed by atoms with Crippen molar-refractivity contribution in [2.24, 2.45) is 0 Å². The van der Waals surface area contributed by atoms with Crippen LogP contribution < -0.4 is 5.32 Å². The van der Waals surface area contributed by atoms with Gasteiger partial charge in [-0.1, -0.05) is 13.8 Å². The second-order valence-corrected chi connectivity index (χ2v) is 4.56. The molecule has 0 atom stereocenters. The van der Waals surface area contributed by atoms with E-state index in [1.807, 2.05) is 0 Å². The number of amides is 1. The Balaban J connectivity index is 2.49. The Morgan fingerprint density at radius 1 is 1.38 bits per heavy atom. The highest BCUT2D eigenvalue weighted by atomic mass is 19.1. The number of rotatable bonds is 8. The summed E-state index contributed by atoms with van der Waals surface area (Å²) >= 11 is 0. The largest absolute Gasteiger partial charge is 0.352 e. The first-order valence-electron chi connectivity index (χ1n) is 6.94. The van der Waals surface area contributed by atoms with Crippen molar-refractivity contribution in [3.63, 3.8) is 0 Å². The molecule has 1 rings (SSSR count).